The average Bonchev–Trinajstić information content (AvgIpc) is 3.12. The van der Waals surface area contributed by atoms with Gasteiger partial charge in [-0.3, -0.25) is 9.59 Å². The van der Waals surface area contributed by atoms with E-state index in [4.69, 9.17) is 5.73 Å². The van der Waals surface area contributed by atoms with Crippen molar-refractivity contribution in [3.63, 3.8) is 0 Å². The number of urea groups is 1. The first-order valence-corrected chi connectivity index (χ1v) is 15.7. The number of hydrogen-bond acceptors (Lipinski definition) is 5. The highest BCUT2D eigenvalue weighted by molar-refractivity contribution is 7.98. The van der Waals surface area contributed by atoms with Gasteiger partial charge < -0.3 is 26.6 Å². The van der Waals surface area contributed by atoms with Crippen molar-refractivity contribution >= 4 is 35.3 Å². The van der Waals surface area contributed by atoms with Gasteiger partial charge in [0.2, 0.25) is 11.8 Å². The average molecular weight is 588 g/mol. The third kappa shape index (κ3) is 7.52. The minimum absolute atomic E-state index is 0.0313. The maximum absolute atomic E-state index is 13.9. The Morgan fingerprint density at radius 3 is 2.48 bits per heavy atom. The van der Waals surface area contributed by atoms with Crippen molar-refractivity contribution in [2.24, 2.45) is 11.7 Å². The van der Waals surface area contributed by atoms with Crippen molar-refractivity contribution in [2.45, 2.75) is 63.7 Å². The number of thioether (sulfide) groups is 1. The van der Waals surface area contributed by atoms with Gasteiger partial charge in [0.1, 0.15) is 6.04 Å². The van der Waals surface area contributed by atoms with Crippen LogP contribution in [0.2, 0.25) is 0 Å². The van der Waals surface area contributed by atoms with E-state index in [1.54, 1.807) is 16.7 Å². The Labute approximate surface area is 252 Å². The number of nitrogens with one attached hydrogen (secondary N) is 3. The first kappa shape index (κ1) is 31.1. The van der Waals surface area contributed by atoms with Crippen molar-refractivity contribution in [1.29, 1.82) is 0 Å². The highest BCUT2D eigenvalue weighted by atomic mass is 32.2. The molecule has 0 bridgehead atoms. The summed E-state index contributed by atoms with van der Waals surface area (Å²) in [5.41, 5.74) is 12.1. The van der Waals surface area contributed by atoms with Crippen LogP contribution in [0.25, 0.3) is 11.1 Å². The summed E-state index contributed by atoms with van der Waals surface area (Å²) in [4.78, 5) is 41.6. The van der Waals surface area contributed by atoms with E-state index in [9.17, 15) is 14.4 Å². The fraction of sp³-hybridized carbons (Fsp3) is 0.364. The molecule has 1 aliphatic rings. The third-order valence-electron chi connectivity index (χ3n) is 7.58. The maximum atomic E-state index is 13.9. The van der Waals surface area contributed by atoms with Gasteiger partial charge >= 0.3 is 6.03 Å². The lowest BCUT2D eigenvalue weighted by Crippen LogP contribution is -2.53. The molecule has 42 heavy (non-hydrogen) atoms. The molecule has 222 valence electrons. The molecular weight excluding hydrogens is 546 g/mol. The molecule has 0 saturated carbocycles. The number of amides is 4. The Morgan fingerprint density at radius 2 is 1.79 bits per heavy atom. The number of carbonyl (C=O) groups is 3. The summed E-state index contributed by atoms with van der Waals surface area (Å²) in [6.07, 6.45) is 3.22. The number of nitrogens with two attached hydrogens (primary N) is 1. The van der Waals surface area contributed by atoms with E-state index in [1.165, 1.54) is 0 Å². The first-order valence-electron chi connectivity index (χ1n) is 14.4. The molecular formula is C33H41N5O3S. The van der Waals surface area contributed by atoms with Gasteiger partial charge in [0, 0.05) is 23.7 Å². The van der Waals surface area contributed by atoms with E-state index < -0.39 is 12.1 Å². The molecule has 2 atom stereocenters. The summed E-state index contributed by atoms with van der Waals surface area (Å²) in [7, 11) is 0. The van der Waals surface area contributed by atoms with Crippen LogP contribution in [0.4, 0.5) is 10.5 Å². The second-order valence-corrected chi connectivity index (χ2v) is 11.7. The van der Waals surface area contributed by atoms with Crippen molar-refractivity contribution in [3.05, 3.63) is 83.4 Å². The molecule has 1 heterocycles. The molecule has 0 aromatic heterocycles. The molecule has 5 N–H and O–H groups in total. The van der Waals surface area contributed by atoms with Crippen LogP contribution in [-0.2, 0) is 29.1 Å². The van der Waals surface area contributed by atoms with Gasteiger partial charge in [-0.15, -0.1) is 11.8 Å². The van der Waals surface area contributed by atoms with Gasteiger partial charge in [-0.2, -0.15) is 0 Å². The van der Waals surface area contributed by atoms with Crippen LogP contribution >= 0.6 is 11.8 Å². The number of nitrogens with zero attached hydrogens (tertiary/aromatic N) is 1. The Hall–Kier alpha value is -3.82. The normalized spacial score (nSPS) is 15.5. The Morgan fingerprint density at radius 1 is 1.05 bits per heavy atom. The van der Waals surface area contributed by atoms with E-state index in [0.717, 1.165) is 38.4 Å². The van der Waals surface area contributed by atoms with Crippen LogP contribution in [0.1, 0.15) is 43.9 Å². The zero-order chi connectivity index (χ0) is 30.2. The molecule has 4 rings (SSSR count). The van der Waals surface area contributed by atoms with E-state index in [1.807, 2.05) is 87.7 Å². The van der Waals surface area contributed by atoms with Gasteiger partial charge in [0.15, 0.2) is 0 Å². The topological polar surface area (TPSA) is 117 Å². The second-order valence-electron chi connectivity index (χ2n) is 10.9. The quantitative estimate of drug-likeness (QED) is 0.253. The smallest absolute Gasteiger partial charge is 0.315 e. The molecule has 8 nitrogen and oxygen atoms in total. The molecule has 3 aromatic carbocycles. The van der Waals surface area contributed by atoms with Gasteiger partial charge in [-0.05, 0) is 78.0 Å². The molecule has 0 spiro atoms. The molecule has 1 unspecified atom stereocenters. The van der Waals surface area contributed by atoms with Crippen molar-refractivity contribution in [3.8, 4) is 11.1 Å². The van der Waals surface area contributed by atoms with Crippen LogP contribution in [0.3, 0.4) is 0 Å². The van der Waals surface area contributed by atoms with Crippen molar-refractivity contribution in [2.75, 3.05) is 17.7 Å². The summed E-state index contributed by atoms with van der Waals surface area (Å²) in [6, 6.07) is 20.8. The number of hydrogen-bond donors (Lipinski definition) is 4. The van der Waals surface area contributed by atoms with Gasteiger partial charge in [-0.1, -0.05) is 62.4 Å². The molecule has 0 radical (unpaired) electrons. The summed E-state index contributed by atoms with van der Waals surface area (Å²) in [5.74, 6) is -0.471. The zero-order valence-electron chi connectivity index (χ0n) is 24.8. The number of rotatable bonds is 10. The van der Waals surface area contributed by atoms with E-state index in [0.29, 0.717) is 32.5 Å². The highest BCUT2D eigenvalue weighted by Crippen LogP contribution is 2.32. The molecule has 0 aliphatic carbocycles. The maximum Gasteiger partial charge on any atom is 0.315 e. The SMILES string of the molecule is CCNC(=O)NCc1ccccc1-c1ccc(CN2C(=O)[C@H](NC(=O)C(N)C(C)C)CCc3cc(SC)ccc32)cc1. The molecule has 3 aromatic rings. The largest absolute Gasteiger partial charge is 0.343 e. The number of benzene rings is 3. The number of aryl methyl sites for hydroxylation is 1. The van der Waals surface area contributed by atoms with Crippen LogP contribution < -0.4 is 26.6 Å². The second kappa shape index (κ2) is 14.4. The van der Waals surface area contributed by atoms with Gasteiger partial charge in [0.05, 0.1) is 12.6 Å². The Kier molecular flexibility index (Phi) is 10.7. The predicted octanol–water partition coefficient (Wildman–Crippen LogP) is 4.84. The van der Waals surface area contributed by atoms with Crippen molar-refractivity contribution in [1.82, 2.24) is 16.0 Å². The standard InChI is InChI=1S/C33H41N5O3S/c1-5-35-33(41)36-19-25-8-6-7-9-27(25)23-12-10-22(11-13-23)20-38-29-17-15-26(42-4)18-24(29)14-16-28(32(38)40)37-31(39)30(34)21(2)3/h6-13,15,17-18,21,28,30H,5,14,16,19-20,34H2,1-4H3,(H,37,39)(H2,35,36,41)/t28-,30?/m1/s1. The lowest BCUT2D eigenvalue weighted by molar-refractivity contribution is -0.129. The van der Waals surface area contributed by atoms with Crippen LogP contribution in [0.15, 0.2) is 71.6 Å². The van der Waals surface area contributed by atoms with Crippen molar-refractivity contribution < 1.29 is 14.4 Å². The third-order valence-corrected chi connectivity index (χ3v) is 8.31. The predicted molar refractivity (Wildman–Crippen MR) is 170 cm³/mol. The Bertz CT molecular complexity index is 1410. The monoisotopic (exact) mass is 587 g/mol. The first-order chi connectivity index (χ1) is 20.2. The fourth-order valence-corrected chi connectivity index (χ4v) is 5.54. The lowest BCUT2D eigenvalue weighted by Gasteiger charge is -2.27. The molecule has 1 aliphatic heterocycles. The van der Waals surface area contributed by atoms with E-state index in [-0.39, 0.29) is 23.8 Å². The van der Waals surface area contributed by atoms with E-state index >= 15 is 0 Å². The van der Waals surface area contributed by atoms with Crippen LogP contribution in [0.5, 0.6) is 0 Å². The minimum atomic E-state index is -0.674. The minimum Gasteiger partial charge on any atom is -0.343 e. The summed E-state index contributed by atoms with van der Waals surface area (Å²) in [6.45, 7) is 7.02. The molecule has 0 saturated heterocycles. The molecule has 4 amide bonds. The zero-order valence-corrected chi connectivity index (χ0v) is 25.6. The van der Waals surface area contributed by atoms with Gasteiger partial charge in [0.25, 0.3) is 0 Å². The number of fused-ring (bicyclic) bond motifs is 1. The molecule has 9 heteroatoms. The van der Waals surface area contributed by atoms with E-state index in [2.05, 4.69) is 22.0 Å². The fourth-order valence-electron chi connectivity index (χ4n) is 5.08. The summed E-state index contributed by atoms with van der Waals surface area (Å²) >= 11 is 1.66. The van der Waals surface area contributed by atoms with Crippen LogP contribution in [0, 0.1) is 5.92 Å². The van der Waals surface area contributed by atoms with Gasteiger partial charge in [-0.25, -0.2) is 4.79 Å². The summed E-state index contributed by atoms with van der Waals surface area (Å²) < 4.78 is 0. The molecule has 0 fully saturated rings. The number of carbonyl (C=O) groups excluding carboxylic acids is 3. The lowest BCUT2D eigenvalue weighted by atomic mass is 9.98. The Balaban J connectivity index is 1.58. The highest BCUT2D eigenvalue weighted by Gasteiger charge is 2.33. The van der Waals surface area contributed by atoms with Crippen LogP contribution in [-0.4, -0.2) is 42.7 Å². The summed E-state index contributed by atoms with van der Waals surface area (Å²) in [5, 5.41) is 8.59. The number of anilines is 1.